The van der Waals surface area contributed by atoms with E-state index in [1.165, 1.54) is 16.7 Å². The minimum absolute atomic E-state index is 0.122. The highest BCUT2D eigenvalue weighted by atomic mass is 16.4. The van der Waals surface area contributed by atoms with E-state index in [9.17, 15) is 4.79 Å². The van der Waals surface area contributed by atoms with E-state index < -0.39 is 5.97 Å². The Balaban J connectivity index is 2.03. The van der Waals surface area contributed by atoms with E-state index in [0.717, 1.165) is 30.8 Å². The van der Waals surface area contributed by atoms with Crippen LogP contribution in [-0.2, 0) is 5.41 Å². The lowest BCUT2D eigenvalue weighted by atomic mass is 9.73. The maximum Gasteiger partial charge on any atom is 0.335 e. The molecule has 0 saturated heterocycles. The predicted molar refractivity (Wildman–Crippen MR) is 108 cm³/mol. The molecule has 2 aromatic rings. The number of carboxylic acid groups (broad SMARTS) is 1. The van der Waals surface area contributed by atoms with Crippen LogP contribution in [0.5, 0.6) is 0 Å². The fourth-order valence-corrected chi connectivity index (χ4v) is 3.77. The van der Waals surface area contributed by atoms with Gasteiger partial charge >= 0.3 is 5.97 Å². The Morgan fingerprint density at radius 3 is 2.31 bits per heavy atom. The third kappa shape index (κ3) is 3.26. The van der Waals surface area contributed by atoms with Gasteiger partial charge in [0.05, 0.1) is 5.56 Å². The molecule has 136 valence electrons. The van der Waals surface area contributed by atoms with Crippen LogP contribution in [0.3, 0.4) is 0 Å². The summed E-state index contributed by atoms with van der Waals surface area (Å²) in [6.45, 7) is 9.76. The summed E-state index contributed by atoms with van der Waals surface area (Å²) in [5.74, 6) is -0.894. The lowest BCUT2D eigenvalue weighted by Gasteiger charge is -2.34. The molecule has 3 nitrogen and oxygen atoms in total. The monoisotopic (exact) mass is 349 g/mol. The van der Waals surface area contributed by atoms with Gasteiger partial charge in [0, 0.05) is 17.9 Å². The molecule has 0 spiro atoms. The standard InChI is InChI=1S/C23H27NO2/c1-5-16-13-14-23(3,4)21-15-19(11-12-20(16)21)24(6-2)18-9-7-17(8-10-18)22(25)26/h7-13,15H,5-6,14H2,1-4H3,(H,25,26). The second kappa shape index (κ2) is 6.99. The molecular weight excluding hydrogens is 322 g/mol. The van der Waals surface area contributed by atoms with Gasteiger partial charge in [0.2, 0.25) is 0 Å². The fourth-order valence-electron chi connectivity index (χ4n) is 3.77. The van der Waals surface area contributed by atoms with Gasteiger partial charge in [-0.15, -0.1) is 0 Å². The molecule has 0 bridgehead atoms. The summed E-state index contributed by atoms with van der Waals surface area (Å²) in [4.78, 5) is 13.3. The third-order valence-corrected chi connectivity index (χ3v) is 5.37. The first-order chi connectivity index (χ1) is 12.4. The average Bonchev–Trinajstić information content (AvgIpc) is 2.63. The molecule has 0 radical (unpaired) electrons. The highest BCUT2D eigenvalue weighted by molar-refractivity contribution is 5.88. The van der Waals surface area contributed by atoms with Crippen LogP contribution >= 0.6 is 0 Å². The lowest BCUT2D eigenvalue weighted by molar-refractivity contribution is 0.0697. The van der Waals surface area contributed by atoms with Crippen LogP contribution in [0, 0.1) is 0 Å². The van der Waals surface area contributed by atoms with Gasteiger partial charge in [-0.25, -0.2) is 4.79 Å². The molecule has 0 unspecified atom stereocenters. The van der Waals surface area contributed by atoms with Crippen molar-refractivity contribution in [2.75, 3.05) is 11.4 Å². The molecule has 0 saturated carbocycles. The third-order valence-electron chi connectivity index (χ3n) is 5.37. The Hall–Kier alpha value is -2.55. The molecule has 1 aliphatic rings. The van der Waals surface area contributed by atoms with Gasteiger partial charge in [0.15, 0.2) is 0 Å². The molecule has 1 aliphatic carbocycles. The first-order valence-electron chi connectivity index (χ1n) is 9.32. The number of benzene rings is 2. The van der Waals surface area contributed by atoms with Crippen LogP contribution in [0.1, 0.15) is 62.0 Å². The quantitative estimate of drug-likeness (QED) is 0.718. The zero-order valence-corrected chi connectivity index (χ0v) is 16.0. The van der Waals surface area contributed by atoms with Gasteiger partial charge in [-0.05, 0) is 78.3 Å². The van der Waals surface area contributed by atoms with Crippen molar-refractivity contribution in [1.29, 1.82) is 0 Å². The highest BCUT2D eigenvalue weighted by Gasteiger charge is 2.28. The summed E-state index contributed by atoms with van der Waals surface area (Å²) >= 11 is 0. The number of nitrogens with zero attached hydrogens (tertiary/aromatic N) is 1. The highest BCUT2D eigenvalue weighted by Crippen LogP contribution is 2.42. The van der Waals surface area contributed by atoms with Gasteiger partial charge in [0.1, 0.15) is 0 Å². The van der Waals surface area contributed by atoms with Crippen LogP contribution in [0.2, 0.25) is 0 Å². The van der Waals surface area contributed by atoms with Crippen LogP contribution < -0.4 is 4.90 Å². The molecule has 0 heterocycles. The van der Waals surface area contributed by atoms with E-state index in [0.29, 0.717) is 5.56 Å². The molecule has 26 heavy (non-hydrogen) atoms. The maximum absolute atomic E-state index is 11.1. The summed E-state index contributed by atoms with van der Waals surface area (Å²) in [6.07, 6.45) is 4.49. The van der Waals surface area contributed by atoms with Crippen molar-refractivity contribution >= 4 is 22.9 Å². The van der Waals surface area contributed by atoms with E-state index in [1.807, 2.05) is 12.1 Å². The number of rotatable bonds is 5. The minimum atomic E-state index is -0.894. The summed E-state index contributed by atoms with van der Waals surface area (Å²) in [5, 5.41) is 9.11. The summed E-state index contributed by atoms with van der Waals surface area (Å²) in [7, 11) is 0. The van der Waals surface area contributed by atoms with Gasteiger partial charge in [-0.3, -0.25) is 0 Å². The summed E-state index contributed by atoms with van der Waals surface area (Å²) in [6, 6.07) is 13.8. The number of aromatic carboxylic acids is 1. The van der Waals surface area contributed by atoms with E-state index in [4.69, 9.17) is 5.11 Å². The van der Waals surface area contributed by atoms with Crippen molar-refractivity contribution in [2.24, 2.45) is 0 Å². The van der Waals surface area contributed by atoms with E-state index in [-0.39, 0.29) is 5.41 Å². The van der Waals surface area contributed by atoms with Crippen molar-refractivity contribution in [2.45, 2.75) is 46.0 Å². The van der Waals surface area contributed by atoms with Crippen molar-refractivity contribution in [3.63, 3.8) is 0 Å². The topological polar surface area (TPSA) is 40.5 Å². The molecule has 0 fully saturated rings. The van der Waals surface area contributed by atoms with Crippen molar-refractivity contribution in [3.8, 4) is 0 Å². The zero-order valence-electron chi connectivity index (χ0n) is 16.0. The number of hydrogen-bond acceptors (Lipinski definition) is 2. The van der Waals surface area contributed by atoms with E-state index >= 15 is 0 Å². The van der Waals surface area contributed by atoms with Crippen molar-refractivity contribution in [3.05, 3.63) is 65.2 Å². The predicted octanol–water partition coefficient (Wildman–Crippen LogP) is 6.02. The van der Waals surface area contributed by atoms with Crippen LogP contribution in [0.15, 0.2) is 48.5 Å². The summed E-state index contributed by atoms with van der Waals surface area (Å²) < 4.78 is 0. The molecule has 3 heteroatoms. The Labute approximate surface area is 156 Å². The van der Waals surface area contributed by atoms with Crippen LogP contribution in [-0.4, -0.2) is 17.6 Å². The number of fused-ring (bicyclic) bond motifs is 1. The van der Waals surface area contributed by atoms with Crippen LogP contribution in [0.25, 0.3) is 5.57 Å². The Bertz CT molecular complexity index is 847. The SMILES string of the molecule is CCC1=CCC(C)(C)c2cc(N(CC)c3ccc(C(=O)O)cc3)ccc21. The van der Waals surface area contributed by atoms with Gasteiger partial charge in [0.25, 0.3) is 0 Å². The Morgan fingerprint density at radius 1 is 1.08 bits per heavy atom. The van der Waals surface area contributed by atoms with Crippen LogP contribution in [0.4, 0.5) is 11.4 Å². The molecule has 0 atom stereocenters. The largest absolute Gasteiger partial charge is 0.478 e. The van der Waals surface area contributed by atoms with Gasteiger partial charge in [-0.1, -0.05) is 32.9 Å². The Kier molecular flexibility index (Phi) is 4.90. The molecule has 0 aliphatic heterocycles. The molecule has 2 aromatic carbocycles. The zero-order chi connectivity index (χ0) is 18.9. The smallest absolute Gasteiger partial charge is 0.335 e. The molecule has 1 N–H and O–H groups in total. The van der Waals surface area contributed by atoms with Gasteiger partial charge < -0.3 is 10.0 Å². The first kappa shape index (κ1) is 18.2. The number of carboxylic acids is 1. The van der Waals surface area contributed by atoms with Gasteiger partial charge in [-0.2, -0.15) is 0 Å². The Morgan fingerprint density at radius 2 is 1.73 bits per heavy atom. The molecule has 0 amide bonds. The summed E-state index contributed by atoms with van der Waals surface area (Å²) in [5.41, 5.74) is 6.79. The molecule has 0 aromatic heterocycles. The van der Waals surface area contributed by atoms with E-state index in [1.54, 1.807) is 12.1 Å². The molecule has 3 rings (SSSR count). The second-order valence-corrected chi connectivity index (χ2v) is 7.50. The minimum Gasteiger partial charge on any atom is -0.478 e. The number of anilines is 2. The number of hydrogen-bond donors (Lipinski definition) is 1. The number of carbonyl (C=O) groups is 1. The fraction of sp³-hybridized carbons (Fsp3) is 0.348. The average molecular weight is 349 g/mol. The normalized spacial score (nSPS) is 15.2. The van der Waals surface area contributed by atoms with E-state index in [2.05, 4.69) is 56.9 Å². The van der Waals surface area contributed by atoms with Crippen molar-refractivity contribution < 1.29 is 9.90 Å². The second-order valence-electron chi connectivity index (χ2n) is 7.50. The van der Waals surface area contributed by atoms with Crippen molar-refractivity contribution in [1.82, 2.24) is 0 Å². The number of allylic oxidation sites excluding steroid dienone is 2. The lowest BCUT2D eigenvalue weighted by Crippen LogP contribution is -2.23. The maximum atomic E-state index is 11.1. The molecular formula is C23H27NO2. The first-order valence-corrected chi connectivity index (χ1v) is 9.32.